The normalized spacial score (nSPS) is 27.2. The number of hydrogen-bond acceptors (Lipinski definition) is 6. The molecule has 0 spiro atoms. The summed E-state index contributed by atoms with van der Waals surface area (Å²) in [6, 6.07) is 10.1. The lowest BCUT2D eigenvalue weighted by molar-refractivity contribution is -0.128. The molecule has 2 aliphatic carbocycles. The number of aromatic hydroxyl groups is 1. The van der Waals surface area contributed by atoms with Gasteiger partial charge in [0.25, 0.3) is 0 Å². The van der Waals surface area contributed by atoms with Crippen LogP contribution in [0.1, 0.15) is 23.9 Å². The number of halogens is 5. The van der Waals surface area contributed by atoms with E-state index in [1.165, 1.54) is 28.6 Å². The van der Waals surface area contributed by atoms with Gasteiger partial charge < -0.3 is 9.84 Å². The highest BCUT2D eigenvalue weighted by atomic mass is 35.5. The number of carbonyl (C=O) groups is 2. The van der Waals surface area contributed by atoms with E-state index in [4.69, 9.17) is 62.7 Å². The standard InChI is InChI=1S/C27H18Cl5N3O6/c1-41-17-10-12(9-15(28)21(17)36)18-14-7-8-33-24(39)34(13-5-3-2-4-6-13)25(40)35(33)16(14)11-26(31)22(37)19(29)20(30)23(38)27(18,26)32/h2-7,9-10,16,18,36H,8,11H2,1H3/t16-,18+,26-,27+/m1/s1. The molecule has 6 rings (SSSR count). The number of nitrogens with zero attached hydrogens (tertiary/aromatic N) is 3. The zero-order valence-corrected chi connectivity index (χ0v) is 24.7. The van der Waals surface area contributed by atoms with Crippen molar-refractivity contribution in [1.29, 1.82) is 0 Å². The Hall–Kier alpha value is -2.95. The SMILES string of the molecule is COc1cc([C@H]2C3=CCn4c(=O)n(-c5ccccc5)c(=O)n4[C@@H]3C[C@@]3(Cl)C(=O)C(Cl)=C(Cl)C(=O)[C@@]23Cl)cc(Cl)c1O. The third-order valence-electron chi connectivity index (χ3n) is 7.92. The molecule has 0 unspecified atom stereocenters. The van der Waals surface area contributed by atoms with Crippen LogP contribution in [-0.4, -0.2) is 47.5 Å². The fourth-order valence-corrected chi connectivity index (χ4v) is 7.80. The van der Waals surface area contributed by atoms with E-state index in [0.717, 1.165) is 4.57 Å². The number of carbonyl (C=O) groups excluding carboxylic acids is 2. The zero-order chi connectivity index (χ0) is 29.6. The maximum atomic E-state index is 13.9. The minimum absolute atomic E-state index is 0.0370. The Morgan fingerprint density at radius 1 is 0.951 bits per heavy atom. The zero-order valence-electron chi connectivity index (χ0n) is 20.9. The van der Waals surface area contributed by atoms with Crippen LogP contribution >= 0.6 is 58.0 Å². The van der Waals surface area contributed by atoms with Crippen LogP contribution in [0, 0.1) is 0 Å². The van der Waals surface area contributed by atoms with Crippen molar-refractivity contribution in [2.24, 2.45) is 0 Å². The molecule has 0 saturated heterocycles. The van der Waals surface area contributed by atoms with Gasteiger partial charge in [0.2, 0.25) is 0 Å². The average Bonchev–Trinajstić information content (AvgIpc) is 3.22. The molecule has 4 atom stereocenters. The maximum Gasteiger partial charge on any atom is 0.352 e. The van der Waals surface area contributed by atoms with Crippen LogP contribution in [0.5, 0.6) is 11.5 Å². The second kappa shape index (κ2) is 9.54. The number of rotatable bonds is 3. The number of methoxy groups -OCH3 is 1. The van der Waals surface area contributed by atoms with Crippen LogP contribution in [0.25, 0.3) is 5.69 Å². The fraction of sp³-hybridized carbons (Fsp3) is 0.259. The molecule has 3 aromatic rings. The van der Waals surface area contributed by atoms with Gasteiger partial charge in [0.15, 0.2) is 23.1 Å². The van der Waals surface area contributed by atoms with Gasteiger partial charge in [-0.05, 0) is 35.4 Å². The van der Waals surface area contributed by atoms with E-state index < -0.39 is 54.7 Å². The van der Waals surface area contributed by atoms with Crippen LogP contribution < -0.4 is 16.1 Å². The number of fused-ring (bicyclic) bond motifs is 4. The molecule has 0 bridgehead atoms. The van der Waals surface area contributed by atoms with E-state index in [1.807, 2.05) is 0 Å². The van der Waals surface area contributed by atoms with E-state index in [9.17, 15) is 24.3 Å². The molecule has 1 aliphatic heterocycles. The van der Waals surface area contributed by atoms with Gasteiger partial charge in [-0.15, -0.1) is 23.2 Å². The molecule has 41 heavy (non-hydrogen) atoms. The molecular weight excluding hydrogens is 640 g/mol. The summed E-state index contributed by atoms with van der Waals surface area (Å²) in [5.74, 6) is -3.43. The second-order valence-electron chi connectivity index (χ2n) is 9.87. The summed E-state index contributed by atoms with van der Waals surface area (Å²) in [4.78, 5) is 50.4. The number of ketones is 2. The van der Waals surface area contributed by atoms with Gasteiger partial charge in [-0.3, -0.25) is 9.59 Å². The summed E-state index contributed by atoms with van der Waals surface area (Å²) in [7, 11) is 1.31. The van der Waals surface area contributed by atoms with Crippen LogP contribution in [0.3, 0.4) is 0 Å². The molecule has 14 heteroatoms. The number of aromatic nitrogens is 3. The van der Waals surface area contributed by atoms with Gasteiger partial charge >= 0.3 is 11.4 Å². The Labute approximate surface area is 256 Å². The molecule has 1 N–H and O–H groups in total. The van der Waals surface area contributed by atoms with Crippen molar-refractivity contribution in [1.82, 2.24) is 13.9 Å². The number of hydrogen-bond donors (Lipinski definition) is 1. The first-order chi connectivity index (χ1) is 19.4. The first kappa shape index (κ1) is 28.2. The topological polar surface area (TPSA) is 113 Å². The minimum atomic E-state index is -2.23. The van der Waals surface area contributed by atoms with Gasteiger partial charge in [-0.25, -0.2) is 23.5 Å². The first-order valence-corrected chi connectivity index (χ1v) is 14.1. The van der Waals surface area contributed by atoms with Gasteiger partial charge in [-0.1, -0.05) is 59.1 Å². The van der Waals surface area contributed by atoms with Crippen molar-refractivity contribution in [2.45, 2.75) is 34.7 Å². The number of benzene rings is 2. The van der Waals surface area contributed by atoms with Crippen LogP contribution in [-0.2, 0) is 16.1 Å². The predicted molar refractivity (Wildman–Crippen MR) is 154 cm³/mol. The Morgan fingerprint density at radius 3 is 2.27 bits per heavy atom. The predicted octanol–water partition coefficient (Wildman–Crippen LogP) is 4.63. The number of phenols is 1. The third-order valence-corrected chi connectivity index (χ3v) is 10.5. The van der Waals surface area contributed by atoms with Crippen molar-refractivity contribution < 1.29 is 19.4 Å². The third kappa shape index (κ3) is 3.63. The number of ether oxygens (including phenoxy) is 1. The number of alkyl halides is 2. The second-order valence-corrected chi connectivity index (χ2v) is 12.3. The van der Waals surface area contributed by atoms with Crippen molar-refractivity contribution >= 4 is 69.6 Å². The molecule has 1 fully saturated rings. The molecule has 212 valence electrons. The van der Waals surface area contributed by atoms with Gasteiger partial charge in [0.1, 0.15) is 19.8 Å². The monoisotopic (exact) mass is 655 g/mol. The van der Waals surface area contributed by atoms with Crippen molar-refractivity contribution in [3.05, 3.63) is 95.7 Å². The molecule has 3 aliphatic rings. The highest BCUT2D eigenvalue weighted by molar-refractivity contribution is 6.66. The average molecular weight is 658 g/mol. The Morgan fingerprint density at radius 2 is 1.61 bits per heavy atom. The number of para-hydroxylation sites is 1. The van der Waals surface area contributed by atoms with Crippen molar-refractivity contribution in [3.63, 3.8) is 0 Å². The molecule has 1 aromatic heterocycles. The molecule has 2 heterocycles. The summed E-state index contributed by atoms with van der Waals surface area (Å²) in [5, 5.41) is 9.10. The summed E-state index contributed by atoms with van der Waals surface area (Å²) in [6.45, 7) is -0.0616. The molecule has 2 aromatic carbocycles. The van der Waals surface area contributed by atoms with E-state index in [0.29, 0.717) is 11.3 Å². The molecule has 0 radical (unpaired) electrons. The first-order valence-electron chi connectivity index (χ1n) is 12.2. The van der Waals surface area contributed by atoms with Gasteiger partial charge in [0, 0.05) is 12.3 Å². The van der Waals surface area contributed by atoms with E-state index in [1.54, 1.807) is 36.4 Å². The summed E-state index contributed by atoms with van der Waals surface area (Å²) in [6.07, 6.45) is 1.29. The minimum Gasteiger partial charge on any atom is -0.503 e. The maximum absolute atomic E-state index is 13.9. The lowest BCUT2D eigenvalue weighted by atomic mass is 9.59. The number of allylic oxidation sites excluding steroid dienone is 4. The smallest absolute Gasteiger partial charge is 0.352 e. The highest BCUT2D eigenvalue weighted by Gasteiger charge is 2.71. The van der Waals surface area contributed by atoms with Crippen LogP contribution in [0.2, 0.25) is 5.02 Å². The van der Waals surface area contributed by atoms with Crippen LogP contribution in [0.15, 0.2) is 73.8 Å². The Bertz CT molecular complexity index is 1860. The molecule has 0 amide bonds. The van der Waals surface area contributed by atoms with Crippen molar-refractivity contribution in [3.8, 4) is 17.2 Å². The summed E-state index contributed by atoms with van der Waals surface area (Å²) in [5.41, 5.74) is -0.296. The fourth-order valence-electron chi connectivity index (χ4n) is 6.06. The largest absolute Gasteiger partial charge is 0.503 e. The van der Waals surface area contributed by atoms with E-state index in [2.05, 4.69) is 0 Å². The number of phenolic OH excluding ortho intramolecular Hbond substituents is 1. The lowest BCUT2D eigenvalue weighted by Gasteiger charge is -2.54. The Balaban J connectivity index is 1.66. The Kier molecular flexibility index (Phi) is 6.56. The molecule has 9 nitrogen and oxygen atoms in total. The molecular formula is C27H18Cl5N3O6. The molecule has 1 saturated carbocycles. The summed E-state index contributed by atoms with van der Waals surface area (Å²) >= 11 is 33.1. The van der Waals surface area contributed by atoms with E-state index in [-0.39, 0.29) is 35.1 Å². The lowest BCUT2D eigenvalue weighted by Crippen LogP contribution is -2.67. The highest BCUT2D eigenvalue weighted by Crippen LogP contribution is 2.64. The van der Waals surface area contributed by atoms with Gasteiger partial charge in [0.05, 0.1) is 30.4 Å². The van der Waals surface area contributed by atoms with Crippen LogP contribution in [0.4, 0.5) is 0 Å². The van der Waals surface area contributed by atoms with E-state index >= 15 is 0 Å². The van der Waals surface area contributed by atoms with Crippen molar-refractivity contribution in [2.75, 3.05) is 7.11 Å². The number of Topliss-reactive ketones (excluding diaryl/α,β-unsaturated/α-hetero) is 2. The van der Waals surface area contributed by atoms with Gasteiger partial charge in [-0.2, -0.15) is 0 Å². The quantitative estimate of drug-likeness (QED) is 0.325. The summed E-state index contributed by atoms with van der Waals surface area (Å²) < 4.78 is 8.72.